The second-order valence-corrected chi connectivity index (χ2v) is 14.1. The third-order valence-corrected chi connectivity index (χ3v) is 10.9. The molecule has 3 fully saturated rings. The summed E-state index contributed by atoms with van der Waals surface area (Å²) in [6.45, 7) is 5.94. The molecule has 1 unspecified atom stereocenters. The number of nitrogens with one attached hydrogen (secondary N) is 2. The second-order valence-electron chi connectivity index (χ2n) is 14.1. The molecule has 2 N–H and O–H groups in total. The highest BCUT2D eigenvalue weighted by Gasteiger charge is 2.28. The van der Waals surface area contributed by atoms with Crippen molar-refractivity contribution in [2.24, 2.45) is 0 Å². The van der Waals surface area contributed by atoms with Gasteiger partial charge in [-0.3, -0.25) is 24.6 Å². The number of rotatable bonds is 9. The van der Waals surface area contributed by atoms with E-state index in [-0.39, 0.29) is 30.0 Å². The molecule has 8 rings (SSSR count). The van der Waals surface area contributed by atoms with Crippen LogP contribution in [-0.2, 0) is 9.59 Å². The Hall–Kier alpha value is -5.45. The smallest absolute Gasteiger partial charge is 0.249 e. The van der Waals surface area contributed by atoms with Gasteiger partial charge in [0.15, 0.2) is 0 Å². The van der Waals surface area contributed by atoms with Gasteiger partial charge in [-0.1, -0.05) is 12.1 Å². The van der Waals surface area contributed by atoms with Crippen LogP contribution in [0.15, 0.2) is 73.6 Å². The van der Waals surface area contributed by atoms with Crippen LogP contribution in [0.25, 0.3) is 27.8 Å². The predicted octanol–water partition coefficient (Wildman–Crippen LogP) is 5.00. The number of pyridine rings is 2. The van der Waals surface area contributed by atoms with Crippen molar-refractivity contribution >= 4 is 23.0 Å². The minimum absolute atomic E-state index is 0.175. The number of nitrogens with zero attached hydrogens (tertiary/aromatic N) is 8. The SMILES string of the molecule is N#Cc1cnn2cc(-c3cnn(C4CCN(CCN5CCC(c6ccc(NC7CCC(=O)NC7=O)cc6F)CC5)CC4)c3)cc(-c3cccnc3)c12. The van der Waals surface area contributed by atoms with E-state index in [1.165, 1.54) is 6.07 Å². The Morgan fingerprint density at radius 2 is 1.67 bits per heavy atom. The van der Waals surface area contributed by atoms with Gasteiger partial charge in [0, 0.05) is 85.3 Å². The van der Waals surface area contributed by atoms with Crippen molar-refractivity contribution in [3.63, 3.8) is 0 Å². The fourth-order valence-electron chi connectivity index (χ4n) is 7.93. The van der Waals surface area contributed by atoms with E-state index in [1.807, 2.05) is 36.7 Å². The van der Waals surface area contributed by atoms with Crippen LogP contribution in [0, 0.1) is 17.1 Å². The average Bonchev–Trinajstić information content (AvgIpc) is 3.84. The van der Waals surface area contributed by atoms with Crippen LogP contribution in [-0.4, -0.2) is 91.3 Å². The summed E-state index contributed by atoms with van der Waals surface area (Å²) < 4.78 is 19.1. The Bertz CT molecular complexity index is 2120. The van der Waals surface area contributed by atoms with Gasteiger partial charge >= 0.3 is 0 Å². The van der Waals surface area contributed by atoms with Crippen molar-refractivity contribution in [2.75, 3.05) is 44.6 Å². The maximum Gasteiger partial charge on any atom is 0.249 e. The van der Waals surface area contributed by atoms with Gasteiger partial charge in [0.05, 0.1) is 29.5 Å². The minimum Gasteiger partial charge on any atom is -0.374 e. The fourth-order valence-corrected chi connectivity index (χ4v) is 7.93. The molecule has 3 aliphatic heterocycles. The van der Waals surface area contributed by atoms with E-state index in [4.69, 9.17) is 5.10 Å². The number of amides is 2. The van der Waals surface area contributed by atoms with E-state index < -0.39 is 6.04 Å². The van der Waals surface area contributed by atoms with Crippen LogP contribution >= 0.6 is 0 Å². The summed E-state index contributed by atoms with van der Waals surface area (Å²) in [7, 11) is 0. The fraction of sp³-hybridized carbons (Fsp3) is 0.385. The highest BCUT2D eigenvalue weighted by Crippen LogP contribution is 2.34. The number of benzene rings is 1. The molecule has 13 heteroatoms. The predicted molar refractivity (Wildman–Crippen MR) is 194 cm³/mol. The first-order chi connectivity index (χ1) is 25.4. The molecule has 0 saturated carbocycles. The quantitative estimate of drug-likeness (QED) is 0.204. The summed E-state index contributed by atoms with van der Waals surface area (Å²) in [4.78, 5) is 32.8. The summed E-state index contributed by atoms with van der Waals surface area (Å²) >= 11 is 0. The van der Waals surface area contributed by atoms with E-state index in [0.29, 0.717) is 23.7 Å². The lowest BCUT2D eigenvalue weighted by Gasteiger charge is -2.36. The van der Waals surface area contributed by atoms with Gasteiger partial charge in [-0.15, -0.1) is 0 Å². The van der Waals surface area contributed by atoms with Crippen LogP contribution in [0.2, 0.25) is 0 Å². The van der Waals surface area contributed by atoms with Gasteiger partial charge in [-0.05, 0) is 80.9 Å². The number of carbonyl (C=O) groups excluding carboxylic acids is 2. The van der Waals surface area contributed by atoms with Crippen molar-refractivity contribution < 1.29 is 14.0 Å². The third-order valence-electron chi connectivity index (χ3n) is 10.9. The lowest BCUT2D eigenvalue weighted by molar-refractivity contribution is -0.133. The van der Waals surface area contributed by atoms with Crippen LogP contribution in [0.1, 0.15) is 61.6 Å². The molecule has 4 aromatic heterocycles. The molecule has 0 aliphatic carbocycles. The summed E-state index contributed by atoms with van der Waals surface area (Å²) in [5.74, 6) is -0.699. The minimum atomic E-state index is -0.529. The number of carbonyl (C=O) groups is 2. The molecule has 7 heterocycles. The summed E-state index contributed by atoms with van der Waals surface area (Å²) in [5, 5.41) is 24.3. The topological polar surface area (TPSA) is 136 Å². The Labute approximate surface area is 301 Å². The zero-order chi connectivity index (χ0) is 35.6. The molecule has 0 bridgehead atoms. The van der Waals surface area contributed by atoms with E-state index in [2.05, 4.69) is 53.5 Å². The molecule has 3 aliphatic rings. The van der Waals surface area contributed by atoms with E-state index in [0.717, 1.165) is 98.3 Å². The molecule has 52 heavy (non-hydrogen) atoms. The molecular weight excluding hydrogens is 659 g/mol. The van der Waals surface area contributed by atoms with E-state index >= 15 is 4.39 Å². The Morgan fingerprint density at radius 3 is 2.38 bits per heavy atom. The first-order valence-electron chi connectivity index (χ1n) is 18.1. The molecule has 1 atom stereocenters. The normalized spacial score (nSPS) is 19.5. The number of hydrogen-bond donors (Lipinski definition) is 2. The van der Waals surface area contributed by atoms with Crippen molar-refractivity contribution in [1.29, 1.82) is 5.26 Å². The van der Waals surface area contributed by atoms with Crippen molar-refractivity contribution in [3.05, 3.63) is 90.5 Å². The number of anilines is 1. The Morgan fingerprint density at radius 1 is 0.885 bits per heavy atom. The molecule has 12 nitrogen and oxygen atoms in total. The van der Waals surface area contributed by atoms with E-state index in [1.54, 1.807) is 23.1 Å². The Balaban J connectivity index is 0.819. The first-order valence-corrected chi connectivity index (χ1v) is 18.1. The number of aromatic nitrogens is 5. The van der Waals surface area contributed by atoms with Gasteiger partial charge in [0.25, 0.3) is 0 Å². The van der Waals surface area contributed by atoms with Crippen LogP contribution < -0.4 is 10.6 Å². The highest BCUT2D eigenvalue weighted by atomic mass is 19.1. The van der Waals surface area contributed by atoms with Gasteiger partial charge in [-0.25, -0.2) is 8.91 Å². The summed E-state index contributed by atoms with van der Waals surface area (Å²) in [5.41, 5.74) is 6.41. The lowest BCUT2D eigenvalue weighted by atomic mass is 9.89. The number of nitriles is 1. The molecule has 2 amide bonds. The van der Waals surface area contributed by atoms with E-state index in [9.17, 15) is 14.9 Å². The monoisotopic (exact) mass is 700 g/mol. The third kappa shape index (κ3) is 7.04. The standard InChI is InChI=1S/C39H41FN10O2/c40-35-19-31(45-36-5-6-37(51)46-39(36)52)3-4-33(35)26-7-12-47(13-8-26)16-17-48-14-9-32(10-15-48)49-25-30(23-43-49)28-18-34(27-2-1-11-42-21-27)38-29(20-41)22-44-50(38)24-28/h1-4,11,18-19,21-26,32,36,45H,5-10,12-17H2,(H,46,51,52). The average molecular weight is 701 g/mol. The van der Waals surface area contributed by atoms with Crippen LogP contribution in [0.4, 0.5) is 10.1 Å². The highest BCUT2D eigenvalue weighted by molar-refractivity contribution is 6.01. The number of imide groups is 1. The van der Waals surface area contributed by atoms with Crippen molar-refractivity contribution in [2.45, 2.75) is 56.5 Å². The molecular formula is C39H41FN10O2. The largest absolute Gasteiger partial charge is 0.374 e. The second kappa shape index (κ2) is 14.7. The molecule has 0 radical (unpaired) electrons. The maximum absolute atomic E-state index is 15.2. The van der Waals surface area contributed by atoms with Crippen LogP contribution in [0.3, 0.4) is 0 Å². The molecule has 266 valence electrons. The van der Waals surface area contributed by atoms with Gasteiger partial charge in [0.1, 0.15) is 17.9 Å². The van der Waals surface area contributed by atoms with Crippen LogP contribution in [0.5, 0.6) is 0 Å². The number of halogens is 1. The zero-order valence-electron chi connectivity index (χ0n) is 28.9. The number of likely N-dealkylation sites (tertiary alicyclic amines) is 2. The van der Waals surface area contributed by atoms with Gasteiger partial charge in [0.2, 0.25) is 11.8 Å². The number of hydrogen-bond acceptors (Lipinski definition) is 9. The molecule has 0 spiro atoms. The number of piperidine rings is 3. The number of fused-ring (bicyclic) bond motifs is 1. The summed E-state index contributed by atoms with van der Waals surface area (Å²) in [6.07, 6.45) is 15.7. The summed E-state index contributed by atoms with van der Waals surface area (Å²) in [6, 6.07) is 13.2. The zero-order valence-corrected chi connectivity index (χ0v) is 28.9. The molecule has 3 saturated heterocycles. The van der Waals surface area contributed by atoms with Gasteiger partial charge in [-0.2, -0.15) is 15.5 Å². The first kappa shape index (κ1) is 33.7. The Kier molecular flexibility index (Phi) is 9.49. The molecule has 5 aromatic rings. The lowest BCUT2D eigenvalue weighted by Crippen LogP contribution is -2.47. The van der Waals surface area contributed by atoms with Gasteiger partial charge < -0.3 is 15.1 Å². The van der Waals surface area contributed by atoms with Crippen molar-refractivity contribution in [3.8, 4) is 28.3 Å². The van der Waals surface area contributed by atoms with Crippen molar-refractivity contribution in [1.82, 2.24) is 39.5 Å². The maximum atomic E-state index is 15.2. The molecule has 1 aromatic carbocycles.